The van der Waals surface area contributed by atoms with Gasteiger partial charge in [-0.05, 0) is 37.1 Å². The quantitative estimate of drug-likeness (QED) is 0.566. The molecule has 2 aromatic carbocycles. The lowest BCUT2D eigenvalue weighted by Gasteiger charge is -2.31. The number of rotatable bonds is 7. The van der Waals surface area contributed by atoms with Crippen molar-refractivity contribution in [3.05, 3.63) is 71.1 Å². The van der Waals surface area contributed by atoms with E-state index in [0.717, 1.165) is 36.7 Å². The van der Waals surface area contributed by atoms with Crippen LogP contribution in [0.4, 0.5) is 4.39 Å². The first-order valence-corrected chi connectivity index (χ1v) is 12.4. The highest BCUT2D eigenvalue weighted by Crippen LogP contribution is 2.21. The van der Waals surface area contributed by atoms with Gasteiger partial charge in [0.25, 0.3) is 0 Å². The molecule has 1 fully saturated rings. The Hall–Kier alpha value is -2.66. The van der Waals surface area contributed by atoms with Crippen LogP contribution in [0.1, 0.15) is 36.1 Å². The molecule has 1 aliphatic rings. The van der Waals surface area contributed by atoms with E-state index < -0.39 is 15.8 Å². The summed E-state index contributed by atoms with van der Waals surface area (Å²) in [5.74, 6) is 0.406. The molecule has 33 heavy (non-hydrogen) atoms. The van der Waals surface area contributed by atoms with Gasteiger partial charge in [-0.15, -0.1) is 5.10 Å². The van der Waals surface area contributed by atoms with Gasteiger partial charge in [-0.3, -0.25) is 4.90 Å². The third-order valence-corrected chi connectivity index (χ3v) is 6.59. The molecule has 1 aliphatic heterocycles. The van der Waals surface area contributed by atoms with E-state index in [1.54, 1.807) is 0 Å². The fraction of sp³-hybridized carbons (Fsp3) is 0.391. The van der Waals surface area contributed by atoms with Crippen LogP contribution in [0.3, 0.4) is 0 Å². The van der Waals surface area contributed by atoms with Gasteiger partial charge in [0.2, 0.25) is 10.0 Å². The minimum Gasteiger partial charge on any atom is -0.376 e. The second-order valence-electron chi connectivity index (χ2n) is 8.32. The first-order valence-electron chi connectivity index (χ1n) is 10.9. The van der Waals surface area contributed by atoms with Gasteiger partial charge in [-0.25, -0.2) is 27.6 Å². The Morgan fingerprint density at radius 3 is 2.76 bits per heavy atom. The van der Waals surface area contributed by atoms with E-state index in [9.17, 15) is 12.8 Å². The zero-order valence-corrected chi connectivity index (χ0v) is 19.6. The Labute approximate surface area is 193 Å². The van der Waals surface area contributed by atoms with Gasteiger partial charge in [0.15, 0.2) is 5.82 Å². The lowest BCUT2D eigenvalue weighted by molar-refractivity contribution is -0.0331. The van der Waals surface area contributed by atoms with E-state index in [0.29, 0.717) is 31.2 Å². The number of hydrogen-bond acceptors (Lipinski definition) is 6. The molecule has 4 rings (SSSR count). The van der Waals surface area contributed by atoms with Crippen molar-refractivity contribution in [1.29, 1.82) is 0 Å². The number of halogens is 1. The Bertz CT molecular complexity index is 1240. The molecule has 0 spiro atoms. The molecule has 0 bridgehead atoms. The summed E-state index contributed by atoms with van der Waals surface area (Å²) in [5, 5.41) is 9.75. The van der Waals surface area contributed by atoms with Crippen molar-refractivity contribution >= 4 is 10.0 Å². The first-order chi connectivity index (χ1) is 15.7. The minimum absolute atomic E-state index is 0.122. The van der Waals surface area contributed by atoms with E-state index in [4.69, 9.17) is 14.9 Å². The van der Waals surface area contributed by atoms with Crippen molar-refractivity contribution in [2.24, 2.45) is 5.14 Å². The summed E-state index contributed by atoms with van der Waals surface area (Å²) in [6, 6.07) is 11.6. The fourth-order valence-electron chi connectivity index (χ4n) is 3.98. The van der Waals surface area contributed by atoms with Gasteiger partial charge in [-0.1, -0.05) is 36.8 Å². The van der Waals surface area contributed by atoms with Crippen molar-refractivity contribution < 1.29 is 17.5 Å². The van der Waals surface area contributed by atoms with Crippen LogP contribution >= 0.6 is 0 Å². The average molecular weight is 474 g/mol. The zero-order chi connectivity index (χ0) is 23.6. The van der Waals surface area contributed by atoms with Crippen LogP contribution in [-0.4, -0.2) is 53.9 Å². The van der Waals surface area contributed by atoms with Crippen LogP contribution in [0.5, 0.6) is 0 Å². The summed E-state index contributed by atoms with van der Waals surface area (Å²) < 4.78 is 45.4. The van der Waals surface area contributed by atoms with Crippen LogP contribution in [-0.2, 0) is 27.7 Å². The summed E-state index contributed by atoms with van der Waals surface area (Å²) >= 11 is 0. The van der Waals surface area contributed by atoms with Gasteiger partial charge in [-0.2, -0.15) is 0 Å². The molecule has 2 N–H and O–H groups in total. The number of sulfonamides is 1. The molecule has 0 aliphatic carbocycles. The molecule has 2 heterocycles. The molecule has 8 nitrogen and oxygen atoms in total. The number of aromatic nitrogens is 3. The maximum absolute atomic E-state index is 15.0. The Morgan fingerprint density at radius 1 is 1.24 bits per heavy atom. The summed E-state index contributed by atoms with van der Waals surface area (Å²) in [6.07, 6.45) is 1.56. The number of hydrogen-bond donors (Lipinski definition) is 1. The summed E-state index contributed by atoms with van der Waals surface area (Å²) in [4.78, 5) is 6.67. The van der Waals surface area contributed by atoms with E-state index in [-0.39, 0.29) is 16.7 Å². The number of aryl methyl sites for hydroxylation is 1. The van der Waals surface area contributed by atoms with Gasteiger partial charge < -0.3 is 4.74 Å². The first kappa shape index (κ1) is 23.5. The monoisotopic (exact) mass is 473 g/mol. The van der Waals surface area contributed by atoms with Crippen molar-refractivity contribution in [2.45, 2.75) is 44.2 Å². The molecule has 1 atom stereocenters. The molecule has 1 aromatic heterocycles. The van der Waals surface area contributed by atoms with Gasteiger partial charge in [0.1, 0.15) is 17.3 Å². The van der Waals surface area contributed by atoms with Crippen LogP contribution in [0, 0.1) is 12.7 Å². The van der Waals surface area contributed by atoms with Crippen LogP contribution in [0.25, 0.3) is 5.69 Å². The second-order valence-corrected chi connectivity index (χ2v) is 9.88. The third-order valence-electron chi connectivity index (χ3n) is 5.68. The Kier molecular flexibility index (Phi) is 6.89. The summed E-state index contributed by atoms with van der Waals surface area (Å²) in [7, 11) is -4.01. The van der Waals surface area contributed by atoms with Crippen molar-refractivity contribution in [1.82, 2.24) is 19.7 Å². The predicted molar refractivity (Wildman–Crippen MR) is 122 cm³/mol. The van der Waals surface area contributed by atoms with E-state index in [2.05, 4.69) is 16.9 Å². The second kappa shape index (κ2) is 9.68. The molecule has 0 amide bonds. The van der Waals surface area contributed by atoms with Crippen molar-refractivity contribution in [3.63, 3.8) is 0 Å². The summed E-state index contributed by atoms with van der Waals surface area (Å²) in [5.41, 5.74) is 2.26. The summed E-state index contributed by atoms with van der Waals surface area (Å²) in [6.45, 7) is 6.83. The molecule has 176 valence electrons. The maximum atomic E-state index is 15.0. The van der Waals surface area contributed by atoms with Gasteiger partial charge in [0, 0.05) is 19.5 Å². The molecular formula is C23H28FN5O3S. The number of morpholine rings is 1. The van der Waals surface area contributed by atoms with Gasteiger partial charge in [0.05, 0.1) is 24.2 Å². The molecule has 0 radical (unpaired) electrons. The molecule has 1 saturated heterocycles. The Balaban J connectivity index is 1.69. The highest BCUT2D eigenvalue weighted by Gasteiger charge is 2.23. The molecule has 0 saturated carbocycles. The zero-order valence-electron chi connectivity index (χ0n) is 18.7. The normalized spacial score (nSPS) is 17.4. The maximum Gasteiger partial charge on any atom is 0.238 e. The number of benzene rings is 2. The molecule has 1 unspecified atom stereocenters. The lowest BCUT2D eigenvalue weighted by Crippen LogP contribution is -2.41. The minimum atomic E-state index is -4.01. The molecular weight excluding hydrogens is 445 g/mol. The van der Waals surface area contributed by atoms with Crippen LogP contribution < -0.4 is 5.14 Å². The lowest BCUT2D eigenvalue weighted by atomic mass is 10.1. The van der Waals surface area contributed by atoms with Crippen molar-refractivity contribution in [2.75, 3.05) is 19.7 Å². The standard InChI is InChI=1S/C23H28FN5O3S/c1-3-18-14-28(9-10-32-18)15-22-26-23(12-17-6-4-5-16(2)11-17)29(27-22)21-8-7-19(13-20(21)24)33(25,30)31/h4-8,11,13,18H,3,9-10,12,14-15H2,1-2H3,(H2,25,30,31). The predicted octanol–water partition coefficient (Wildman–Crippen LogP) is 2.56. The number of nitrogens with zero attached hydrogens (tertiary/aromatic N) is 4. The van der Waals surface area contributed by atoms with E-state index >= 15 is 0 Å². The highest BCUT2D eigenvalue weighted by atomic mass is 32.2. The number of nitrogens with two attached hydrogens (primary N) is 1. The number of primary sulfonamides is 1. The molecule has 10 heteroatoms. The third kappa shape index (κ3) is 5.64. The smallest absolute Gasteiger partial charge is 0.238 e. The largest absolute Gasteiger partial charge is 0.376 e. The fourth-order valence-corrected chi connectivity index (χ4v) is 4.50. The van der Waals surface area contributed by atoms with Gasteiger partial charge >= 0.3 is 0 Å². The number of ether oxygens (including phenoxy) is 1. The Morgan fingerprint density at radius 2 is 2.06 bits per heavy atom. The topological polar surface area (TPSA) is 103 Å². The SMILES string of the molecule is CCC1CN(Cc2nc(Cc3cccc(C)c3)n(-c3ccc(S(N)(=O)=O)cc3F)n2)CCO1. The van der Waals surface area contributed by atoms with Crippen LogP contribution in [0.15, 0.2) is 47.4 Å². The van der Waals surface area contributed by atoms with E-state index in [1.165, 1.54) is 16.8 Å². The highest BCUT2D eigenvalue weighted by molar-refractivity contribution is 7.89. The molecule has 3 aromatic rings. The van der Waals surface area contributed by atoms with Crippen LogP contribution in [0.2, 0.25) is 0 Å². The van der Waals surface area contributed by atoms with E-state index in [1.807, 2.05) is 31.2 Å². The van der Waals surface area contributed by atoms with Crippen molar-refractivity contribution in [3.8, 4) is 5.69 Å². The average Bonchev–Trinajstić information content (AvgIpc) is 3.14.